The Morgan fingerprint density at radius 3 is 2.26 bits per heavy atom. The molecule has 3 aromatic carbocycles. The number of ketones is 1. The Kier molecular flexibility index (Phi) is 10.8. The summed E-state index contributed by atoms with van der Waals surface area (Å²) >= 11 is 19.0. The number of benzene rings is 3. The highest BCUT2D eigenvalue weighted by Crippen LogP contribution is 2.37. The zero-order valence-corrected chi connectivity index (χ0v) is 28.3. The molecule has 16 heteroatoms. The van der Waals surface area contributed by atoms with E-state index in [1.165, 1.54) is 45.3 Å². The highest BCUT2D eigenvalue weighted by Gasteiger charge is 2.31. The van der Waals surface area contributed by atoms with Crippen LogP contribution >= 0.6 is 46.1 Å². The molecule has 1 N–H and O–H groups in total. The van der Waals surface area contributed by atoms with E-state index in [2.05, 4.69) is 5.32 Å². The van der Waals surface area contributed by atoms with E-state index >= 15 is 0 Å². The number of nitrogens with one attached hydrogen (secondary N) is 1. The molecule has 10 nitrogen and oxygen atoms in total. The summed E-state index contributed by atoms with van der Waals surface area (Å²) in [4.78, 5) is 37.2. The second-order valence-corrected chi connectivity index (χ2v) is 13.8. The predicted octanol–water partition coefficient (Wildman–Crippen LogP) is 7.75. The van der Waals surface area contributed by atoms with Crippen molar-refractivity contribution in [2.45, 2.75) is 18.7 Å². The van der Waals surface area contributed by atoms with E-state index in [1.54, 1.807) is 13.0 Å². The molecule has 1 aromatic heterocycles. The van der Waals surface area contributed by atoms with Gasteiger partial charge in [0.15, 0.2) is 17.3 Å². The molecule has 4 aromatic rings. The first kappa shape index (κ1) is 35.0. The number of carbonyl (C=O) groups excluding carboxylic acids is 3. The van der Waals surface area contributed by atoms with Crippen molar-refractivity contribution in [3.63, 3.8) is 0 Å². The van der Waals surface area contributed by atoms with Crippen LogP contribution in [0.4, 0.5) is 15.8 Å². The minimum Gasteiger partial charge on any atom is -0.493 e. The topological polar surface area (TPSA) is 128 Å². The maximum absolute atomic E-state index is 14.6. The zero-order valence-electron chi connectivity index (χ0n) is 24.4. The SMILES string of the molecule is CCOc1ccc(N(C)S(=O)(=O)c2cc(Cl)sc2C(=O)Nc2cc(F)cc(C(=O)Oc3cc(Cl)c(C(C)=O)c(Cl)c3)c2)cc1OC. The van der Waals surface area contributed by atoms with Crippen molar-refractivity contribution in [1.82, 2.24) is 0 Å². The molecular weight excluding hydrogens is 706 g/mol. The van der Waals surface area contributed by atoms with Crippen LogP contribution in [-0.2, 0) is 10.0 Å². The van der Waals surface area contributed by atoms with E-state index in [4.69, 9.17) is 49.0 Å². The first-order chi connectivity index (χ1) is 21.7. The Bertz CT molecular complexity index is 1940. The van der Waals surface area contributed by atoms with Gasteiger partial charge in [0.1, 0.15) is 21.3 Å². The number of nitrogens with zero attached hydrogens (tertiary/aromatic N) is 1. The lowest BCUT2D eigenvalue weighted by molar-refractivity contribution is 0.0734. The second kappa shape index (κ2) is 14.3. The molecule has 4 rings (SSSR count). The van der Waals surface area contributed by atoms with E-state index in [0.29, 0.717) is 29.4 Å². The number of sulfonamides is 1. The molecular formula is C30H24Cl3FN2O8S2. The predicted molar refractivity (Wildman–Crippen MR) is 175 cm³/mol. The van der Waals surface area contributed by atoms with Crippen molar-refractivity contribution in [2.75, 3.05) is 30.4 Å². The van der Waals surface area contributed by atoms with Gasteiger partial charge in [0.05, 0.1) is 44.9 Å². The summed E-state index contributed by atoms with van der Waals surface area (Å²) in [5, 5.41) is 2.30. The van der Waals surface area contributed by atoms with Crippen LogP contribution in [0.25, 0.3) is 0 Å². The van der Waals surface area contributed by atoms with Crippen LogP contribution in [0.5, 0.6) is 17.2 Å². The maximum Gasteiger partial charge on any atom is 0.343 e. The van der Waals surface area contributed by atoms with Gasteiger partial charge < -0.3 is 19.5 Å². The van der Waals surface area contributed by atoms with Crippen molar-refractivity contribution in [2.24, 2.45) is 0 Å². The zero-order chi connectivity index (χ0) is 33.9. The summed E-state index contributed by atoms with van der Waals surface area (Å²) < 4.78 is 58.9. The van der Waals surface area contributed by atoms with E-state index in [0.717, 1.165) is 28.6 Å². The van der Waals surface area contributed by atoms with Crippen molar-refractivity contribution in [3.05, 3.63) is 90.8 Å². The van der Waals surface area contributed by atoms with Gasteiger partial charge in [0, 0.05) is 30.9 Å². The lowest BCUT2D eigenvalue weighted by Gasteiger charge is -2.21. The van der Waals surface area contributed by atoms with Gasteiger partial charge in [-0.1, -0.05) is 34.8 Å². The Balaban J connectivity index is 1.59. The van der Waals surface area contributed by atoms with Crippen LogP contribution < -0.4 is 23.8 Å². The van der Waals surface area contributed by atoms with Gasteiger partial charge in [-0.15, -0.1) is 11.3 Å². The Morgan fingerprint density at radius 1 is 0.978 bits per heavy atom. The van der Waals surface area contributed by atoms with Gasteiger partial charge in [-0.3, -0.25) is 13.9 Å². The molecule has 0 bridgehead atoms. The molecule has 46 heavy (non-hydrogen) atoms. The van der Waals surface area contributed by atoms with Gasteiger partial charge in [-0.2, -0.15) is 0 Å². The van der Waals surface area contributed by atoms with Gasteiger partial charge in [0.25, 0.3) is 15.9 Å². The van der Waals surface area contributed by atoms with E-state index in [-0.39, 0.29) is 47.5 Å². The average Bonchev–Trinajstić information content (AvgIpc) is 3.39. The quantitative estimate of drug-likeness (QED) is 0.0943. The Morgan fingerprint density at radius 2 is 1.65 bits per heavy atom. The number of thiophene rings is 1. The molecule has 0 aliphatic carbocycles. The van der Waals surface area contributed by atoms with E-state index in [1.807, 2.05) is 0 Å². The van der Waals surface area contributed by atoms with Crippen LogP contribution in [0, 0.1) is 5.82 Å². The van der Waals surface area contributed by atoms with Gasteiger partial charge in [-0.05, 0) is 50.2 Å². The second-order valence-electron chi connectivity index (χ2n) is 9.37. The van der Waals surface area contributed by atoms with Crippen molar-refractivity contribution in [3.8, 4) is 17.2 Å². The number of esters is 1. The molecule has 0 spiro atoms. The summed E-state index contributed by atoms with van der Waals surface area (Å²) in [6.07, 6.45) is 0. The fourth-order valence-electron chi connectivity index (χ4n) is 4.19. The third kappa shape index (κ3) is 7.56. The largest absolute Gasteiger partial charge is 0.493 e. The number of anilines is 2. The van der Waals surface area contributed by atoms with Gasteiger partial charge in [0.2, 0.25) is 0 Å². The highest BCUT2D eigenvalue weighted by atomic mass is 35.5. The molecule has 1 amide bonds. The standard InChI is InChI=1S/C30H24Cl3FN2O8S2/c1-5-43-23-7-6-19(11-24(23)42-4)36(3)46(40,41)25-14-26(33)45-28(25)29(38)35-18-9-16(8-17(34)10-18)30(39)44-20-12-21(31)27(15(2)37)22(32)13-20/h6-14H,5H2,1-4H3,(H,35,38). The van der Waals surface area contributed by atoms with Crippen LogP contribution in [-0.4, -0.2) is 46.8 Å². The third-order valence-corrected chi connectivity index (χ3v) is 10.1. The molecule has 0 unspecified atom stereocenters. The molecule has 0 aliphatic rings. The number of hydrogen-bond donors (Lipinski definition) is 1. The molecule has 0 aliphatic heterocycles. The number of Topliss-reactive ketones (excluding diaryl/α,β-unsaturated/α-hetero) is 1. The molecule has 242 valence electrons. The monoisotopic (exact) mass is 728 g/mol. The lowest BCUT2D eigenvalue weighted by atomic mass is 10.1. The van der Waals surface area contributed by atoms with Crippen molar-refractivity contribution < 1.29 is 41.4 Å². The number of halogens is 4. The maximum atomic E-state index is 14.6. The molecule has 0 fully saturated rings. The fraction of sp³-hybridized carbons (Fsp3) is 0.167. The summed E-state index contributed by atoms with van der Waals surface area (Å²) in [5.41, 5.74) is -0.239. The fourth-order valence-corrected chi connectivity index (χ4v) is 7.80. The normalized spacial score (nSPS) is 11.1. The number of carbonyl (C=O) groups is 3. The highest BCUT2D eigenvalue weighted by molar-refractivity contribution is 7.93. The smallest absolute Gasteiger partial charge is 0.343 e. The first-order valence-electron chi connectivity index (χ1n) is 13.1. The Labute approximate surface area is 282 Å². The van der Waals surface area contributed by atoms with Crippen LogP contribution in [0.1, 0.15) is 44.2 Å². The number of ether oxygens (including phenoxy) is 3. The number of rotatable bonds is 11. The summed E-state index contributed by atoms with van der Waals surface area (Å²) in [6, 6.07) is 11.0. The number of amides is 1. The number of hydrogen-bond acceptors (Lipinski definition) is 9. The Hall–Kier alpha value is -3.88. The van der Waals surface area contributed by atoms with E-state index < -0.39 is 38.4 Å². The van der Waals surface area contributed by atoms with Gasteiger partial charge >= 0.3 is 5.97 Å². The van der Waals surface area contributed by atoms with E-state index in [9.17, 15) is 27.2 Å². The molecule has 0 radical (unpaired) electrons. The molecule has 1 heterocycles. The summed E-state index contributed by atoms with van der Waals surface area (Å²) in [5.74, 6) is -2.68. The van der Waals surface area contributed by atoms with Crippen LogP contribution in [0.2, 0.25) is 14.4 Å². The molecule has 0 atom stereocenters. The van der Waals surface area contributed by atoms with Crippen LogP contribution in [0.15, 0.2) is 59.5 Å². The molecule has 0 saturated carbocycles. The van der Waals surface area contributed by atoms with Gasteiger partial charge in [-0.25, -0.2) is 17.6 Å². The van der Waals surface area contributed by atoms with Crippen LogP contribution in [0.3, 0.4) is 0 Å². The summed E-state index contributed by atoms with van der Waals surface area (Å²) in [7, 11) is -1.66. The lowest BCUT2D eigenvalue weighted by Crippen LogP contribution is -2.28. The minimum atomic E-state index is -4.36. The molecule has 0 saturated heterocycles. The van der Waals surface area contributed by atoms with Crippen molar-refractivity contribution in [1.29, 1.82) is 0 Å². The average molecular weight is 730 g/mol. The summed E-state index contributed by atoms with van der Waals surface area (Å²) in [6.45, 7) is 3.42. The first-order valence-corrected chi connectivity index (χ1v) is 16.5. The third-order valence-electron chi connectivity index (χ3n) is 6.29. The van der Waals surface area contributed by atoms with Crippen molar-refractivity contribution >= 4 is 85.2 Å². The number of methoxy groups -OCH3 is 1. The minimum absolute atomic E-state index is 0.00183.